The van der Waals surface area contributed by atoms with Gasteiger partial charge in [0.15, 0.2) is 0 Å². The molecule has 0 spiro atoms. The largest absolute Gasteiger partial charge is 0.387 e. The minimum Gasteiger partial charge on any atom is -0.387 e. The van der Waals surface area contributed by atoms with E-state index in [4.69, 9.17) is 0 Å². The Morgan fingerprint density at radius 1 is 1.24 bits per heavy atom. The van der Waals surface area contributed by atoms with E-state index in [-0.39, 0.29) is 11.9 Å². The number of hydrogen-bond acceptors (Lipinski definition) is 3. The first-order valence-corrected chi connectivity index (χ1v) is 7.80. The van der Waals surface area contributed by atoms with E-state index in [0.717, 1.165) is 31.5 Å². The highest BCUT2D eigenvalue weighted by Crippen LogP contribution is 2.20. The lowest BCUT2D eigenvalue weighted by Gasteiger charge is -2.32. The molecular formula is C17H26N2O2. The van der Waals surface area contributed by atoms with Crippen molar-refractivity contribution in [2.75, 3.05) is 26.7 Å². The molecule has 1 saturated heterocycles. The summed E-state index contributed by atoms with van der Waals surface area (Å²) in [5.41, 5.74) is 0.891. The molecule has 1 aromatic rings. The van der Waals surface area contributed by atoms with Crippen molar-refractivity contribution in [3.63, 3.8) is 0 Å². The second kappa shape index (κ2) is 7.57. The van der Waals surface area contributed by atoms with Crippen molar-refractivity contribution in [1.82, 2.24) is 9.80 Å². The number of amides is 1. The third-order valence-corrected chi connectivity index (χ3v) is 4.39. The highest BCUT2D eigenvalue weighted by Gasteiger charge is 2.24. The number of hydrogen-bond donors (Lipinski definition) is 1. The highest BCUT2D eigenvalue weighted by molar-refractivity contribution is 5.78. The summed E-state index contributed by atoms with van der Waals surface area (Å²) < 4.78 is 0. The van der Waals surface area contributed by atoms with E-state index < -0.39 is 6.10 Å². The van der Waals surface area contributed by atoms with Gasteiger partial charge in [0.1, 0.15) is 0 Å². The van der Waals surface area contributed by atoms with Gasteiger partial charge in [-0.1, -0.05) is 30.3 Å². The van der Waals surface area contributed by atoms with Crippen molar-refractivity contribution < 1.29 is 9.90 Å². The van der Waals surface area contributed by atoms with Crippen LogP contribution in [-0.4, -0.2) is 53.5 Å². The summed E-state index contributed by atoms with van der Waals surface area (Å²) in [6.07, 6.45) is 2.86. The Morgan fingerprint density at radius 3 is 2.48 bits per heavy atom. The Kier molecular flexibility index (Phi) is 5.76. The van der Waals surface area contributed by atoms with Gasteiger partial charge in [-0.15, -0.1) is 0 Å². The van der Waals surface area contributed by atoms with Crippen molar-refractivity contribution in [1.29, 1.82) is 0 Å². The van der Waals surface area contributed by atoms with Gasteiger partial charge in [0.05, 0.1) is 12.6 Å². The maximum atomic E-state index is 12.3. The third kappa shape index (κ3) is 4.29. The minimum atomic E-state index is -0.578. The quantitative estimate of drug-likeness (QED) is 0.902. The molecule has 0 aliphatic carbocycles. The summed E-state index contributed by atoms with van der Waals surface area (Å²) in [5, 5.41) is 10.4. The molecule has 0 radical (unpaired) electrons. The number of benzene rings is 1. The summed E-state index contributed by atoms with van der Waals surface area (Å²) in [4.78, 5) is 16.2. The van der Waals surface area contributed by atoms with E-state index in [1.54, 1.807) is 0 Å². The molecule has 1 N–H and O–H groups in total. The number of carbonyl (C=O) groups is 1. The predicted octanol–water partition coefficient (Wildman–Crippen LogP) is 2.05. The molecule has 0 aromatic heterocycles. The Balaban J connectivity index is 1.89. The number of nitrogens with zero attached hydrogens (tertiary/aromatic N) is 2. The molecule has 1 aromatic carbocycles. The van der Waals surface area contributed by atoms with E-state index in [1.165, 1.54) is 6.42 Å². The van der Waals surface area contributed by atoms with E-state index in [2.05, 4.69) is 0 Å². The van der Waals surface area contributed by atoms with E-state index in [0.29, 0.717) is 6.54 Å². The maximum absolute atomic E-state index is 12.3. The number of rotatable bonds is 5. The van der Waals surface area contributed by atoms with Crippen LogP contribution >= 0.6 is 0 Å². The van der Waals surface area contributed by atoms with E-state index >= 15 is 0 Å². The number of carbonyl (C=O) groups excluding carboxylic acids is 1. The molecule has 1 aliphatic rings. The van der Waals surface area contributed by atoms with Crippen molar-refractivity contribution >= 4 is 5.91 Å². The van der Waals surface area contributed by atoms with Gasteiger partial charge in [0, 0.05) is 19.1 Å². The van der Waals surface area contributed by atoms with Crippen LogP contribution in [0.2, 0.25) is 0 Å². The predicted molar refractivity (Wildman–Crippen MR) is 83.9 cm³/mol. The fraction of sp³-hybridized carbons (Fsp3) is 0.588. The molecule has 1 aliphatic heterocycles. The minimum absolute atomic E-state index is 0.0962. The Bertz CT molecular complexity index is 443. The van der Waals surface area contributed by atoms with E-state index in [9.17, 15) is 9.90 Å². The average molecular weight is 290 g/mol. The average Bonchev–Trinajstić information content (AvgIpc) is 2.55. The van der Waals surface area contributed by atoms with Crippen molar-refractivity contribution in [2.45, 2.75) is 38.3 Å². The van der Waals surface area contributed by atoms with Gasteiger partial charge in [-0.3, -0.25) is 9.69 Å². The van der Waals surface area contributed by atoms with Crippen LogP contribution in [0.3, 0.4) is 0 Å². The smallest absolute Gasteiger partial charge is 0.236 e. The van der Waals surface area contributed by atoms with Gasteiger partial charge in [-0.2, -0.15) is 0 Å². The summed E-state index contributed by atoms with van der Waals surface area (Å²) in [5.74, 6) is 0.171. The zero-order valence-corrected chi connectivity index (χ0v) is 13.0. The zero-order chi connectivity index (χ0) is 15.2. The van der Waals surface area contributed by atoms with Crippen LogP contribution in [0.5, 0.6) is 0 Å². The molecule has 2 rings (SSSR count). The lowest BCUT2D eigenvalue weighted by atomic mass is 10.0. The van der Waals surface area contributed by atoms with Crippen molar-refractivity contribution in [3.05, 3.63) is 35.9 Å². The second-order valence-corrected chi connectivity index (χ2v) is 5.95. The lowest BCUT2D eigenvalue weighted by molar-refractivity contribution is -0.133. The van der Waals surface area contributed by atoms with Gasteiger partial charge in [0.25, 0.3) is 0 Å². The summed E-state index contributed by atoms with van der Waals surface area (Å²) >= 11 is 0. The fourth-order valence-electron chi connectivity index (χ4n) is 2.77. The molecule has 2 atom stereocenters. The van der Waals surface area contributed by atoms with Crippen LogP contribution in [0.4, 0.5) is 0 Å². The summed E-state index contributed by atoms with van der Waals surface area (Å²) in [6.45, 7) is 4.08. The Hall–Kier alpha value is -1.39. The maximum Gasteiger partial charge on any atom is 0.236 e. The molecule has 21 heavy (non-hydrogen) atoms. The van der Waals surface area contributed by atoms with Gasteiger partial charge < -0.3 is 10.0 Å². The number of aliphatic hydroxyl groups excluding tert-OH is 1. The van der Waals surface area contributed by atoms with Crippen LogP contribution in [0.25, 0.3) is 0 Å². The monoisotopic (exact) mass is 290 g/mol. The van der Waals surface area contributed by atoms with Crippen molar-refractivity contribution in [3.8, 4) is 0 Å². The third-order valence-electron chi connectivity index (χ3n) is 4.39. The molecule has 1 amide bonds. The molecule has 1 fully saturated rings. The molecule has 1 heterocycles. The number of aliphatic hydroxyl groups is 1. The molecular weight excluding hydrogens is 264 g/mol. The molecule has 116 valence electrons. The SMILES string of the molecule is C[C@@H]([C@H](O)c1ccccc1)N(C)CC(=O)N1CCCCC1. The van der Waals surface area contributed by atoms with Crippen LogP contribution in [0, 0.1) is 0 Å². The van der Waals surface area contributed by atoms with Gasteiger partial charge in [-0.25, -0.2) is 0 Å². The van der Waals surface area contributed by atoms with Crippen molar-refractivity contribution in [2.24, 2.45) is 0 Å². The number of likely N-dealkylation sites (N-methyl/N-ethyl adjacent to an activating group) is 1. The van der Waals surface area contributed by atoms with Crippen LogP contribution in [0.1, 0.15) is 37.9 Å². The van der Waals surface area contributed by atoms with Crippen LogP contribution < -0.4 is 0 Å². The summed E-state index contributed by atoms with van der Waals surface area (Å²) in [7, 11) is 1.90. The molecule has 0 bridgehead atoms. The molecule has 0 unspecified atom stereocenters. The summed E-state index contributed by atoms with van der Waals surface area (Å²) in [6, 6.07) is 9.52. The van der Waals surface area contributed by atoms with Crippen LogP contribution in [-0.2, 0) is 4.79 Å². The van der Waals surface area contributed by atoms with Gasteiger partial charge in [-0.05, 0) is 38.8 Å². The zero-order valence-electron chi connectivity index (χ0n) is 13.0. The number of piperidine rings is 1. The fourth-order valence-corrected chi connectivity index (χ4v) is 2.77. The Morgan fingerprint density at radius 2 is 1.86 bits per heavy atom. The topological polar surface area (TPSA) is 43.8 Å². The molecule has 4 nitrogen and oxygen atoms in total. The Labute approximate surface area is 127 Å². The standard InChI is InChI=1S/C17H26N2O2/c1-14(17(21)15-9-5-3-6-10-15)18(2)13-16(20)19-11-7-4-8-12-19/h3,5-6,9-10,14,17,21H,4,7-8,11-13H2,1-2H3/t14-,17-/m0/s1. The van der Waals surface area contributed by atoms with Gasteiger partial charge >= 0.3 is 0 Å². The first kappa shape index (κ1) is 16.0. The van der Waals surface area contributed by atoms with Crippen LogP contribution in [0.15, 0.2) is 30.3 Å². The highest BCUT2D eigenvalue weighted by atomic mass is 16.3. The first-order valence-electron chi connectivity index (χ1n) is 7.80. The second-order valence-electron chi connectivity index (χ2n) is 5.95. The van der Waals surface area contributed by atoms with Gasteiger partial charge in [0.2, 0.25) is 5.91 Å². The number of likely N-dealkylation sites (tertiary alicyclic amines) is 1. The molecule has 0 saturated carbocycles. The molecule has 4 heteroatoms. The first-order chi connectivity index (χ1) is 10.1. The van der Waals surface area contributed by atoms with E-state index in [1.807, 2.05) is 54.1 Å². The normalized spacial score (nSPS) is 18.6. The lowest BCUT2D eigenvalue weighted by Crippen LogP contribution is -2.45.